The number of nitrogens with zero attached hydrogens (tertiary/aromatic N) is 3. The number of halogens is 1. The molecule has 106 valence electrons. The Morgan fingerprint density at radius 2 is 1.95 bits per heavy atom. The highest BCUT2D eigenvalue weighted by Crippen LogP contribution is 2.13. The van der Waals surface area contributed by atoms with Crippen molar-refractivity contribution in [3.8, 4) is 0 Å². The second-order valence-corrected chi connectivity index (χ2v) is 5.85. The van der Waals surface area contributed by atoms with Gasteiger partial charge in [0.25, 0.3) is 0 Å². The Kier molecular flexibility index (Phi) is 4.44. The first-order valence-electron chi connectivity index (χ1n) is 6.78. The van der Waals surface area contributed by atoms with Gasteiger partial charge in [0.05, 0.1) is 6.54 Å². The second-order valence-electron chi connectivity index (χ2n) is 4.93. The number of benzene rings is 1. The summed E-state index contributed by atoms with van der Waals surface area (Å²) in [6.07, 6.45) is 0.707. The van der Waals surface area contributed by atoms with Crippen LogP contribution in [0.2, 0.25) is 0 Å². The summed E-state index contributed by atoms with van der Waals surface area (Å²) in [5.41, 5.74) is 1.18. The summed E-state index contributed by atoms with van der Waals surface area (Å²) >= 11 is 3.43. The van der Waals surface area contributed by atoms with Gasteiger partial charge in [0.2, 0.25) is 5.89 Å². The zero-order valence-corrected chi connectivity index (χ0v) is 12.8. The van der Waals surface area contributed by atoms with Gasteiger partial charge < -0.3 is 9.84 Å². The Morgan fingerprint density at radius 1 is 1.20 bits per heavy atom. The van der Waals surface area contributed by atoms with Crippen molar-refractivity contribution in [2.45, 2.75) is 13.0 Å². The highest BCUT2D eigenvalue weighted by atomic mass is 79.9. The first-order valence-corrected chi connectivity index (χ1v) is 7.58. The number of hydrogen-bond donors (Lipinski definition) is 1. The molecule has 0 amide bonds. The third kappa shape index (κ3) is 3.65. The van der Waals surface area contributed by atoms with E-state index >= 15 is 0 Å². The molecule has 0 unspecified atom stereocenters. The monoisotopic (exact) mass is 336 g/mol. The van der Waals surface area contributed by atoms with Crippen molar-refractivity contribution in [2.75, 3.05) is 26.2 Å². The van der Waals surface area contributed by atoms with Crippen molar-refractivity contribution >= 4 is 15.9 Å². The van der Waals surface area contributed by atoms with Gasteiger partial charge in [-0.05, 0) is 17.7 Å². The predicted octanol–water partition coefficient (Wildman–Crippen LogP) is 1.83. The van der Waals surface area contributed by atoms with Gasteiger partial charge in [-0.2, -0.15) is 4.98 Å². The summed E-state index contributed by atoms with van der Waals surface area (Å²) in [6, 6.07) is 8.18. The molecule has 6 heteroatoms. The minimum Gasteiger partial charge on any atom is -0.338 e. The summed E-state index contributed by atoms with van der Waals surface area (Å²) in [4.78, 5) is 6.80. The van der Waals surface area contributed by atoms with Gasteiger partial charge in [-0.25, -0.2) is 0 Å². The molecule has 3 rings (SSSR count). The normalized spacial score (nSPS) is 16.4. The molecule has 1 aliphatic heterocycles. The molecule has 2 aromatic rings. The van der Waals surface area contributed by atoms with Gasteiger partial charge in [0.15, 0.2) is 5.82 Å². The van der Waals surface area contributed by atoms with Crippen LogP contribution in [0.3, 0.4) is 0 Å². The van der Waals surface area contributed by atoms with Crippen LogP contribution in [0.4, 0.5) is 0 Å². The van der Waals surface area contributed by atoms with E-state index in [0.717, 1.165) is 43.0 Å². The molecule has 0 atom stereocenters. The highest BCUT2D eigenvalue weighted by Gasteiger charge is 2.14. The van der Waals surface area contributed by atoms with Crippen LogP contribution in [-0.2, 0) is 13.0 Å². The molecule has 5 nitrogen and oxygen atoms in total. The average Bonchev–Trinajstić information content (AvgIpc) is 2.90. The molecule has 1 fully saturated rings. The van der Waals surface area contributed by atoms with Gasteiger partial charge in [0.1, 0.15) is 0 Å². The van der Waals surface area contributed by atoms with Crippen LogP contribution in [0, 0.1) is 0 Å². The highest BCUT2D eigenvalue weighted by molar-refractivity contribution is 9.10. The van der Waals surface area contributed by atoms with Gasteiger partial charge in [-0.15, -0.1) is 0 Å². The van der Waals surface area contributed by atoms with E-state index in [1.54, 1.807) is 0 Å². The van der Waals surface area contributed by atoms with Crippen molar-refractivity contribution in [1.82, 2.24) is 20.4 Å². The number of hydrogen-bond acceptors (Lipinski definition) is 5. The Bertz CT molecular complexity index is 549. The number of nitrogens with one attached hydrogen (secondary N) is 1. The van der Waals surface area contributed by atoms with Crippen LogP contribution in [-0.4, -0.2) is 41.2 Å². The van der Waals surface area contributed by atoms with E-state index in [1.165, 1.54) is 5.56 Å². The molecular formula is C14H17BrN4O. The number of rotatable bonds is 4. The van der Waals surface area contributed by atoms with Crippen molar-refractivity contribution < 1.29 is 4.52 Å². The quantitative estimate of drug-likeness (QED) is 0.923. The predicted molar refractivity (Wildman–Crippen MR) is 79.4 cm³/mol. The molecular weight excluding hydrogens is 320 g/mol. The van der Waals surface area contributed by atoms with Gasteiger partial charge in [-0.3, -0.25) is 4.90 Å². The standard InChI is InChI=1S/C14H17BrN4O/c15-12-3-1-11(2-4-12)9-13-17-14(20-18-13)10-19-7-5-16-6-8-19/h1-4,16H,5-10H2. The fourth-order valence-corrected chi connectivity index (χ4v) is 2.54. The molecule has 1 aromatic heterocycles. The topological polar surface area (TPSA) is 54.2 Å². The molecule has 20 heavy (non-hydrogen) atoms. The van der Waals surface area contributed by atoms with Crippen molar-refractivity contribution in [3.63, 3.8) is 0 Å². The SMILES string of the molecule is Brc1ccc(Cc2noc(CN3CCNCC3)n2)cc1. The van der Waals surface area contributed by atoms with E-state index in [2.05, 4.69) is 48.4 Å². The van der Waals surface area contributed by atoms with Crippen LogP contribution in [0.15, 0.2) is 33.3 Å². The van der Waals surface area contributed by atoms with Crippen molar-refractivity contribution in [2.24, 2.45) is 0 Å². The molecule has 1 aliphatic rings. The summed E-state index contributed by atoms with van der Waals surface area (Å²) in [5, 5.41) is 7.39. The first kappa shape index (κ1) is 13.7. The number of aromatic nitrogens is 2. The Labute approximate surface area is 126 Å². The minimum absolute atomic E-state index is 0.707. The first-order chi connectivity index (χ1) is 9.79. The van der Waals surface area contributed by atoms with Crippen molar-refractivity contribution in [3.05, 3.63) is 46.0 Å². The fourth-order valence-electron chi connectivity index (χ4n) is 2.27. The lowest BCUT2D eigenvalue weighted by Gasteiger charge is -2.25. The fraction of sp³-hybridized carbons (Fsp3) is 0.429. The molecule has 0 bridgehead atoms. The molecule has 0 spiro atoms. The van der Waals surface area contributed by atoms with Gasteiger partial charge in [-0.1, -0.05) is 33.2 Å². The molecule has 0 radical (unpaired) electrons. The zero-order valence-electron chi connectivity index (χ0n) is 11.2. The number of piperazine rings is 1. The molecule has 2 heterocycles. The molecule has 0 aliphatic carbocycles. The molecule has 0 saturated carbocycles. The van der Waals surface area contributed by atoms with Crippen LogP contribution in [0.5, 0.6) is 0 Å². The maximum absolute atomic E-state index is 5.33. The summed E-state index contributed by atoms with van der Waals surface area (Å²) in [5.74, 6) is 1.46. The smallest absolute Gasteiger partial charge is 0.240 e. The average molecular weight is 337 g/mol. The Balaban J connectivity index is 1.60. The third-order valence-corrected chi connectivity index (χ3v) is 3.88. The van der Waals surface area contributed by atoms with E-state index in [4.69, 9.17) is 4.52 Å². The third-order valence-electron chi connectivity index (χ3n) is 3.35. The lowest BCUT2D eigenvalue weighted by atomic mass is 10.1. The van der Waals surface area contributed by atoms with E-state index in [9.17, 15) is 0 Å². The lowest BCUT2D eigenvalue weighted by molar-refractivity contribution is 0.203. The molecule has 1 saturated heterocycles. The largest absolute Gasteiger partial charge is 0.338 e. The maximum atomic E-state index is 5.33. The zero-order chi connectivity index (χ0) is 13.8. The molecule has 1 N–H and O–H groups in total. The lowest BCUT2D eigenvalue weighted by Crippen LogP contribution is -2.42. The van der Waals surface area contributed by atoms with E-state index in [-0.39, 0.29) is 0 Å². The summed E-state index contributed by atoms with van der Waals surface area (Å²) in [6.45, 7) is 4.86. The van der Waals surface area contributed by atoms with Gasteiger partial charge in [0, 0.05) is 37.1 Å². The minimum atomic E-state index is 0.707. The van der Waals surface area contributed by atoms with E-state index in [1.807, 2.05) is 12.1 Å². The Hall–Kier alpha value is -1.24. The summed E-state index contributed by atoms with van der Waals surface area (Å²) < 4.78 is 6.41. The van der Waals surface area contributed by atoms with E-state index < -0.39 is 0 Å². The van der Waals surface area contributed by atoms with E-state index in [0.29, 0.717) is 12.3 Å². The second kappa shape index (κ2) is 6.47. The Morgan fingerprint density at radius 3 is 2.70 bits per heavy atom. The van der Waals surface area contributed by atoms with Crippen LogP contribution in [0.25, 0.3) is 0 Å². The maximum Gasteiger partial charge on any atom is 0.240 e. The molecule has 1 aromatic carbocycles. The van der Waals surface area contributed by atoms with Crippen molar-refractivity contribution in [1.29, 1.82) is 0 Å². The van der Waals surface area contributed by atoms with Crippen LogP contribution < -0.4 is 5.32 Å². The summed E-state index contributed by atoms with van der Waals surface area (Å²) in [7, 11) is 0. The van der Waals surface area contributed by atoms with Crippen LogP contribution >= 0.6 is 15.9 Å². The van der Waals surface area contributed by atoms with Gasteiger partial charge >= 0.3 is 0 Å². The van der Waals surface area contributed by atoms with Crippen LogP contribution in [0.1, 0.15) is 17.3 Å².